The van der Waals surface area contributed by atoms with Crippen molar-refractivity contribution in [3.05, 3.63) is 6.33 Å². The SMILES string of the molecule is CCCN(CCC)C(=O)CSc1nncn1C(C)C. The van der Waals surface area contributed by atoms with E-state index in [0.717, 1.165) is 31.1 Å². The second-order valence-electron chi connectivity index (χ2n) is 4.78. The van der Waals surface area contributed by atoms with E-state index in [2.05, 4.69) is 37.9 Å². The van der Waals surface area contributed by atoms with Gasteiger partial charge in [-0.2, -0.15) is 0 Å². The van der Waals surface area contributed by atoms with Crippen LogP contribution in [0.5, 0.6) is 0 Å². The number of rotatable bonds is 8. The summed E-state index contributed by atoms with van der Waals surface area (Å²) in [5, 5.41) is 8.79. The number of carbonyl (C=O) groups excluding carboxylic acids is 1. The van der Waals surface area contributed by atoms with Crippen molar-refractivity contribution < 1.29 is 4.79 Å². The summed E-state index contributed by atoms with van der Waals surface area (Å²) < 4.78 is 1.99. The fourth-order valence-corrected chi connectivity index (χ4v) is 2.76. The molecular weight excluding hydrogens is 260 g/mol. The molecule has 0 radical (unpaired) electrons. The third-order valence-corrected chi connectivity index (χ3v) is 3.70. The van der Waals surface area contributed by atoms with Crippen LogP contribution in [0.2, 0.25) is 0 Å². The van der Waals surface area contributed by atoms with Crippen LogP contribution in [0, 0.1) is 0 Å². The molecule has 1 aromatic rings. The van der Waals surface area contributed by atoms with Crippen LogP contribution in [-0.2, 0) is 4.79 Å². The van der Waals surface area contributed by atoms with Crippen LogP contribution in [0.3, 0.4) is 0 Å². The van der Waals surface area contributed by atoms with Gasteiger partial charge in [-0.1, -0.05) is 25.6 Å². The summed E-state index contributed by atoms with van der Waals surface area (Å²) >= 11 is 1.47. The highest BCUT2D eigenvalue weighted by molar-refractivity contribution is 7.99. The third-order valence-electron chi connectivity index (χ3n) is 2.76. The number of nitrogens with zero attached hydrogens (tertiary/aromatic N) is 4. The minimum atomic E-state index is 0.187. The maximum atomic E-state index is 12.1. The first-order valence-corrected chi connectivity index (χ1v) is 7.88. The Balaban J connectivity index is 2.54. The summed E-state index contributed by atoms with van der Waals surface area (Å²) in [4.78, 5) is 14.1. The van der Waals surface area contributed by atoms with Crippen molar-refractivity contribution in [2.75, 3.05) is 18.8 Å². The topological polar surface area (TPSA) is 51.0 Å². The highest BCUT2D eigenvalue weighted by atomic mass is 32.2. The summed E-state index contributed by atoms with van der Waals surface area (Å²) in [5.74, 6) is 0.623. The first-order valence-electron chi connectivity index (χ1n) is 6.90. The predicted octanol–water partition coefficient (Wildman–Crippen LogP) is 2.60. The van der Waals surface area contributed by atoms with Crippen molar-refractivity contribution in [2.45, 2.75) is 51.7 Å². The molecule has 6 heteroatoms. The van der Waals surface area contributed by atoms with Crippen LogP contribution < -0.4 is 0 Å². The van der Waals surface area contributed by atoms with Gasteiger partial charge < -0.3 is 9.47 Å². The van der Waals surface area contributed by atoms with Crippen molar-refractivity contribution in [1.82, 2.24) is 19.7 Å². The number of hydrogen-bond acceptors (Lipinski definition) is 4. The lowest BCUT2D eigenvalue weighted by Gasteiger charge is -2.21. The summed E-state index contributed by atoms with van der Waals surface area (Å²) in [7, 11) is 0. The van der Waals surface area contributed by atoms with Crippen molar-refractivity contribution >= 4 is 17.7 Å². The van der Waals surface area contributed by atoms with E-state index in [1.54, 1.807) is 6.33 Å². The third kappa shape index (κ3) is 4.86. The molecule has 0 fully saturated rings. The van der Waals surface area contributed by atoms with Gasteiger partial charge in [0.2, 0.25) is 5.91 Å². The quantitative estimate of drug-likeness (QED) is 0.689. The lowest BCUT2D eigenvalue weighted by Crippen LogP contribution is -2.33. The van der Waals surface area contributed by atoms with Crippen molar-refractivity contribution in [3.63, 3.8) is 0 Å². The molecule has 0 aliphatic rings. The molecule has 1 rings (SSSR count). The molecular formula is C13H24N4OS. The molecule has 0 N–H and O–H groups in total. The molecule has 0 saturated heterocycles. The Morgan fingerprint density at radius 2 is 2.00 bits per heavy atom. The monoisotopic (exact) mass is 284 g/mol. The maximum absolute atomic E-state index is 12.1. The first kappa shape index (κ1) is 16.0. The van der Waals surface area contributed by atoms with Crippen LogP contribution >= 0.6 is 11.8 Å². The van der Waals surface area contributed by atoms with Crippen molar-refractivity contribution in [1.29, 1.82) is 0 Å². The van der Waals surface area contributed by atoms with Crippen LogP contribution in [-0.4, -0.2) is 44.4 Å². The minimum absolute atomic E-state index is 0.187. The Kier molecular flexibility index (Phi) is 6.91. The van der Waals surface area contributed by atoms with E-state index < -0.39 is 0 Å². The van der Waals surface area contributed by atoms with Crippen LogP contribution in [0.4, 0.5) is 0 Å². The second kappa shape index (κ2) is 8.19. The molecule has 1 aromatic heterocycles. The van der Waals surface area contributed by atoms with E-state index in [1.165, 1.54) is 11.8 Å². The molecule has 0 bridgehead atoms. The zero-order chi connectivity index (χ0) is 14.3. The molecule has 5 nitrogen and oxygen atoms in total. The zero-order valence-corrected chi connectivity index (χ0v) is 13.1. The molecule has 0 aromatic carbocycles. The summed E-state index contributed by atoms with van der Waals surface area (Å²) in [5.41, 5.74) is 0. The van der Waals surface area contributed by atoms with Gasteiger partial charge in [-0.05, 0) is 26.7 Å². The number of hydrogen-bond donors (Lipinski definition) is 0. The Labute approximate surface area is 119 Å². The molecule has 1 heterocycles. The summed E-state index contributed by atoms with van der Waals surface area (Å²) in [6.45, 7) is 10.0. The number of aromatic nitrogens is 3. The van der Waals surface area contributed by atoms with Crippen LogP contribution in [0.15, 0.2) is 11.5 Å². The maximum Gasteiger partial charge on any atom is 0.233 e. The standard InChI is InChI=1S/C13H24N4OS/c1-5-7-16(8-6-2)12(18)9-19-13-15-14-10-17(13)11(3)4/h10-11H,5-9H2,1-4H3. The molecule has 19 heavy (non-hydrogen) atoms. The summed E-state index contributed by atoms with van der Waals surface area (Å²) in [6.07, 6.45) is 3.71. The fourth-order valence-electron chi connectivity index (χ4n) is 1.81. The first-order chi connectivity index (χ1) is 9.10. The van der Waals surface area contributed by atoms with Gasteiger partial charge in [-0.25, -0.2) is 0 Å². The van der Waals surface area contributed by atoms with E-state index in [1.807, 2.05) is 9.47 Å². The Morgan fingerprint density at radius 1 is 1.37 bits per heavy atom. The molecule has 1 amide bonds. The van der Waals surface area contributed by atoms with E-state index >= 15 is 0 Å². The van der Waals surface area contributed by atoms with E-state index in [4.69, 9.17) is 0 Å². The van der Waals surface area contributed by atoms with Crippen LogP contribution in [0.25, 0.3) is 0 Å². The molecule has 0 saturated carbocycles. The number of carbonyl (C=O) groups is 1. The van der Waals surface area contributed by atoms with E-state index in [-0.39, 0.29) is 5.91 Å². The largest absolute Gasteiger partial charge is 0.342 e. The van der Waals surface area contributed by atoms with Crippen molar-refractivity contribution in [3.8, 4) is 0 Å². The van der Waals surface area contributed by atoms with E-state index in [0.29, 0.717) is 11.8 Å². The summed E-state index contributed by atoms with van der Waals surface area (Å²) in [6, 6.07) is 0.315. The van der Waals surface area contributed by atoms with Gasteiger partial charge in [0.15, 0.2) is 5.16 Å². The predicted molar refractivity (Wildman–Crippen MR) is 78.3 cm³/mol. The average Bonchev–Trinajstić information content (AvgIpc) is 2.84. The number of thioether (sulfide) groups is 1. The molecule has 0 aliphatic carbocycles. The Morgan fingerprint density at radius 3 is 2.53 bits per heavy atom. The van der Waals surface area contributed by atoms with Gasteiger partial charge in [0.05, 0.1) is 5.75 Å². The molecule has 108 valence electrons. The van der Waals surface area contributed by atoms with Gasteiger partial charge >= 0.3 is 0 Å². The van der Waals surface area contributed by atoms with E-state index in [9.17, 15) is 4.79 Å². The van der Waals surface area contributed by atoms with Gasteiger partial charge in [0.25, 0.3) is 0 Å². The lowest BCUT2D eigenvalue weighted by molar-refractivity contribution is -0.128. The lowest BCUT2D eigenvalue weighted by atomic mass is 10.3. The normalized spacial score (nSPS) is 11.0. The minimum Gasteiger partial charge on any atom is -0.342 e. The average molecular weight is 284 g/mol. The molecule has 0 atom stereocenters. The second-order valence-corrected chi connectivity index (χ2v) is 5.73. The Hall–Kier alpha value is -1.04. The Bertz CT molecular complexity index is 386. The smallest absolute Gasteiger partial charge is 0.233 e. The van der Waals surface area contributed by atoms with Gasteiger partial charge in [-0.15, -0.1) is 10.2 Å². The van der Waals surface area contributed by atoms with Crippen molar-refractivity contribution in [2.24, 2.45) is 0 Å². The van der Waals surface area contributed by atoms with Gasteiger partial charge in [0, 0.05) is 19.1 Å². The molecule has 0 unspecified atom stereocenters. The zero-order valence-electron chi connectivity index (χ0n) is 12.3. The highest BCUT2D eigenvalue weighted by Gasteiger charge is 2.15. The molecule has 0 spiro atoms. The fraction of sp³-hybridized carbons (Fsp3) is 0.769. The van der Waals surface area contributed by atoms with Gasteiger partial charge in [-0.3, -0.25) is 4.79 Å². The van der Waals surface area contributed by atoms with Gasteiger partial charge in [0.1, 0.15) is 6.33 Å². The molecule has 0 aliphatic heterocycles. The van der Waals surface area contributed by atoms with Crippen LogP contribution in [0.1, 0.15) is 46.6 Å². The highest BCUT2D eigenvalue weighted by Crippen LogP contribution is 2.19. The number of amides is 1.